The molecule has 1 amide bonds. The number of hydrogen-bond donors (Lipinski definition) is 2. The number of hydrogen-bond acceptors (Lipinski definition) is 2. The Morgan fingerprint density at radius 3 is 2.61 bits per heavy atom. The van der Waals surface area contributed by atoms with Crippen molar-refractivity contribution in [3.63, 3.8) is 0 Å². The molecule has 1 aromatic carbocycles. The van der Waals surface area contributed by atoms with Gasteiger partial charge in [-0.1, -0.05) is 25.4 Å². The lowest BCUT2D eigenvalue weighted by Crippen LogP contribution is -2.33. The van der Waals surface area contributed by atoms with E-state index in [4.69, 9.17) is 17.3 Å². The van der Waals surface area contributed by atoms with E-state index >= 15 is 0 Å². The van der Waals surface area contributed by atoms with E-state index in [1.54, 1.807) is 6.07 Å². The molecule has 0 aliphatic carbocycles. The first kappa shape index (κ1) is 15.5. The molecule has 0 heterocycles. The van der Waals surface area contributed by atoms with E-state index in [1.165, 1.54) is 0 Å². The fourth-order valence-electron chi connectivity index (χ4n) is 1.65. The number of carbonyl (C=O) groups excluding carboxylic acids is 1. The summed E-state index contributed by atoms with van der Waals surface area (Å²) in [4.78, 5) is 12.1. The second kappa shape index (κ2) is 6.55. The van der Waals surface area contributed by atoms with E-state index in [0.29, 0.717) is 17.3 Å². The lowest BCUT2D eigenvalue weighted by Gasteiger charge is -2.19. The minimum Gasteiger partial charge on any atom is -0.330 e. The number of halogens is 2. The van der Waals surface area contributed by atoms with Crippen LogP contribution in [0.4, 0.5) is 5.69 Å². The molecule has 5 heteroatoms. The maximum Gasteiger partial charge on any atom is 0.229 e. The summed E-state index contributed by atoms with van der Waals surface area (Å²) in [5.74, 6) is -0.0696. The molecule has 1 aromatic rings. The van der Waals surface area contributed by atoms with Crippen LogP contribution >= 0.6 is 27.5 Å². The summed E-state index contributed by atoms with van der Waals surface area (Å²) in [6.45, 7) is 6.21. The van der Waals surface area contributed by atoms with Crippen molar-refractivity contribution in [3.05, 3.63) is 27.2 Å². The third kappa shape index (κ3) is 3.70. The SMILES string of the molecule is Cc1cc(Br)c(NC(=O)C(CN)C(C)C)cc1Cl. The molecule has 0 bridgehead atoms. The molecule has 0 saturated carbocycles. The van der Waals surface area contributed by atoms with Gasteiger partial charge in [0.1, 0.15) is 0 Å². The van der Waals surface area contributed by atoms with Crippen LogP contribution in [0.2, 0.25) is 5.02 Å². The zero-order valence-electron chi connectivity index (χ0n) is 10.8. The molecule has 0 spiro atoms. The highest BCUT2D eigenvalue weighted by molar-refractivity contribution is 9.10. The van der Waals surface area contributed by atoms with Crippen molar-refractivity contribution < 1.29 is 4.79 Å². The molecule has 100 valence electrons. The van der Waals surface area contributed by atoms with Crippen LogP contribution in [0.5, 0.6) is 0 Å². The van der Waals surface area contributed by atoms with E-state index in [1.807, 2.05) is 26.8 Å². The zero-order valence-corrected chi connectivity index (χ0v) is 13.1. The van der Waals surface area contributed by atoms with Gasteiger partial charge in [-0.05, 0) is 46.5 Å². The normalized spacial score (nSPS) is 12.6. The molecule has 18 heavy (non-hydrogen) atoms. The smallest absolute Gasteiger partial charge is 0.229 e. The monoisotopic (exact) mass is 332 g/mol. The lowest BCUT2D eigenvalue weighted by molar-refractivity contribution is -0.120. The average Bonchev–Trinajstić information content (AvgIpc) is 2.26. The number of amides is 1. The number of nitrogens with one attached hydrogen (secondary N) is 1. The minimum absolute atomic E-state index is 0.0758. The molecule has 0 fully saturated rings. The zero-order chi connectivity index (χ0) is 13.9. The Hall–Kier alpha value is -0.580. The van der Waals surface area contributed by atoms with Gasteiger partial charge in [0.15, 0.2) is 0 Å². The first-order valence-electron chi connectivity index (χ1n) is 5.83. The first-order chi connectivity index (χ1) is 8.36. The van der Waals surface area contributed by atoms with E-state index in [2.05, 4.69) is 21.2 Å². The molecule has 0 aromatic heterocycles. The molecular formula is C13H18BrClN2O. The Labute approximate surface area is 121 Å². The van der Waals surface area contributed by atoms with E-state index < -0.39 is 0 Å². The predicted molar refractivity (Wildman–Crippen MR) is 79.9 cm³/mol. The quantitative estimate of drug-likeness (QED) is 0.885. The third-order valence-corrected chi connectivity index (χ3v) is 3.96. The Balaban J connectivity index is 2.91. The van der Waals surface area contributed by atoms with Gasteiger partial charge in [-0.3, -0.25) is 4.79 Å². The molecule has 0 aliphatic heterocycles. The van der Waals surface area contributed by atoms with Crippen LogP contribution in [0, 0.1) is 18.8 Å². The summed E-state index contributed by atoms with van der Waals surface area (Å²) in [7, 11) is 0. The van der Waals surface area contributed by atoms with Crippen LogP contribution in [0.25, 0.3) is 0 Å². The van der Waals surface area contributed by atoms with Crippen molar-refractivity contribution in [2.75, 3.05) is 11.9 Å². The molecule has 3 nitrogen and oxygen atoms in total. The summed E-state index contributed by atoms with van der Waals surface area (Å²) < 4.78 is 0.817. The van der Waals surface area contributed by atoms with Crippen molar-refractivity contribution in [2.24, 2.45) is 17.6 Å². The standard InChI is InChI=1S/C13H18BrClN2O/c1-7(2)9(6-16)13(18)17-12-5-11(15)8(3)4-10(12)14/h4-5,7,9H,6,16H2,1-3H3,(H,17,18). The van der Waals surface area contributed by atoms with Crippen molar-refractivity contribution in [2.45, 2.75) is 20.8 Å². The molecule has 3 N–H and O–H groups in total. The van der Waals surface area contributed by atoms with Crippen LogP contribution < -0.4 is 11.1 Å². The number of nitrogens with two attached hydrogens (primary N) is 1. The van der Waals surface area contributed by atoms with Gasteiger partial charge in [0.05, 0.1) is 11.6 Å². The van der Waals surface area contributed by atoms with Gasteiger partial charge in [0, 0.05) is 16.0 Å². The summed E-state index contributed by atoms with van der Waals surface area (Å²) >= 11 is 9.46. The number of rotatable bonds is 4. The van der Waals surface area contributed by atoms with Crippen LogP contribution in [0.1, 0.15) is 19.4 Å². The van der Waals surface area contributed by atoms with E-state index in [9.17, 15) is 4.79 Å². The lowest BCUT2D eigenvalue weighted by atomic mass is 9.95. The summed E-state index contributed by atoms with van der Waals surface area (Å²) in [6, 6.07) is 3.62. The van der Waals surface area contributed by atoms with Gasteiger partial charge in [-0.2, -0.15) is 0 Å². The average molecular weight is 334 g/mol. The van der Waals surface area contributed by atoms with Crippen molar-refractivity contribution in [3.8, 4) is 0 Å². The van der Waals surface area contributed by atoms with Gasteiger partial charge in [-0.15, -0.1) is 0 Å². The highest BCUT2D eigenvalue weighted by Crippen LogP contribution is 2.29. The summed E-state index contributed by atoms with van der Waals surface area (Å²) in [5.41, 5.74) is 7.26. The van der Waals surface area contributed by atoms with Gasteiger partial charge >= 0.3 is 0 Å². The van der Waals surface area contributed by atoms with Crippen LogP contribution in [0.3, 0.4) is 0 Å². The Kier molecular flexibility index (Phi) is 5.63. The maximum absolute atomic E-state index is 12.1. The van der Waals surface area contributed by atoms with Gasteiger partial charge in [0.2, 0.25) is 5.91 Å². The van der Waals surface area contributed by atoms with Gasteiger partial charge in [-0.25, -0.2) is 0 Å². The topological polar surface area (TPSA) is 55.1 Å². The van der Waals surface area contributed by atoms with E-state index in [-0.39, 0.29) is 17.7 Å². The largest absolute Gasteiger partial charge is 0.330 e. The molecule has 1 unspecified atom stereocenters. The second-order valence-electron chi connectivity index (χ2n) is 4.66. The predicted octanol–water partition coefficient (Wildman–Crippen LogP) is 3.58. The number of benzene rings is 1. The number of anilines is 1. The molecule has 0 saturated heterocycles. The Morgan fingerprint density at radius 2 is 2.11 bits per heavy atom. The second-order valence-corrected chi connectivity index (χ2v) is 5.92. The summed E-state index contributed by atoms with van der Waals surface area (Å²) in [5, 5.41) is 3.49. The molecule has 0 radical (unpaired) electrons. The highest BCUT2D eigenvalue weighted by Gasteiger charge is 2.21. The maximum atomic E-state index is 12.1. The molecule has 1 rings (SSSR count). The summed E-state index contributed by atoms with van der Waals surface area (Å²) in [6.07, 6.45) is 0. The fraction of sp³-hybridized carbons (Fsp3) is 0.462. The van der Waals surface area contributed by atoms with Crippen molar-refractivity contribution >= 4 is 39.1 Å². The Morgan fingerprint density at radius 1 is 1.50 bits per heavy atom. The Bertz CT molecular complexity index is 449. The van der Waals surface area contributed by atoms with Crippen molar-refractivity contribution in [1.82, 2.24) is 0 Å². The van der Waals surface area contributed by atoms with E-state index in [0.717, 1.165) is 10.0 Å². The molecule has 1 atom stereocenters. The van der Waals surface area contributed by atoms with Gasteiger partial charge < -0.3 is 11.1 Å². The number of aryl methyl sites for hydroxylation is 1. The highest BCUT2D eigenvalue weighted by atomic mass is 79.9. The van der Waals surface area contributed by atoms with Crippen LogP contribution in [0.15, 0.2) is 16.6 Å². The van der Waals surface area contributed by atoms with Crippen LogP contribution in [-0.2, 0) is 4.79 Å². The van der Waals surface area contributed by atoms with Gasteiger partial charge in [0.25, 0.3) is 0 Å². The van der Waals surface area contributed by atoms with Crippen LogP contribution in [-0.4, -0.2) is 12.5 Å². The minimum atomic E-state index is -0.197. The van der Waals surface area contributed by atoms with Crippen molar-refractivity contribution in [1.29, 1.82) is 0 Å². The first-order valence-corrected chi connectivity index (χ1v) is 7.00. The molecule has 0 aliphatic rings. The fourth-order valence-corrected chi connectivity index (χ4v) is 2.37. The molecular weight excluding hydrogens is 316 g/mol. The third-order valence-electron chi connectivity index (χ3n) is 2.90. The number of carbonyl (C=O) groups is 1.